The van der Waals surface area contributed by atoms with Crippen LogP contribution in [-0.2, 0) is 27.5 Å². The number of carbonyl (C=O) groups is 1. The molecule has 0 aliphatic carbocycles. The molecule has 1 saturated heterocycles. The summed E-state index contributed by atoms with van der Waals surface area (Å²) in [6.07, 6.45) is -7.36. The third-order valence-electron chi connectivity index (χ3n) is 7.53. The zero-order valence-electron chi connectivity index (χ0n) is 25.6. The average molecular weight is 696 g/mol. The van der Waals surface area contributed by atoms with Crippen LogP contribution in [0.3, 0.4) is 0 Å². The molecule has 2 heterocycles. The Balaban J connectivity index is 0.000000401. The molecule has 15 heteroatoms. The van der Waals surface area contributed by atoms with E-state index in [0.717, 1.165) is 29.3 Å². The average Bonchev–Trinajstić information content (AvgIpc) is 3.37. The summed E-state index contributed by atoms with van der Waals surface area (Å²) in [5.41, 5.74) is 1.88. The quantitative estimate of drug-likeness (QED) is 0.153. The largest absolute Gasteiger partial charge is 0.573 e. The van der Waals surface area contributed by atoms with Gasteiger partial charge in [0.2, 0.25) is 5.91 Å². The molecule has 0 unspecified atom stereocenters. The highest BCUT2D eigenvalue weighted by atomic mass is 32.2. The smallest absolute Gasteiger partial charge is 0.406 e. The van der Waals surface area contributed by atoms with Crippen molar-refractivity contribution >= 4 is 21.7 Å². The van der Waals surface area contributed by atoms with Crippen molar-refractivity contribution < 1.29 is 48.8 Å². The number of amides is 1. The van der Waals surface area contributed by atoms with Crippen LogP contribution in [0.1, 0.15) is 34.8 Å². The summed E-state index contributed by atoms with van der Waals surface area (Å²) in [6.45, 7) is 2.23. The van der Waals surface area contributed by atoms with E-state index in [1.54, 1.807) is 24.1 Å². The standard InChI is InChI=1S/C26H23F6N3O2.C7H8O3S/c1-34(14-13-17-7-12-23(33-16-17)25(27,28)29)22-15-21(18-5-3-2-4-6-18)35(24(22)36)19-8-10-20(11-9-19)37-26(30,31)32;1-6-2-4-7(5-3-6)11(8,9)10/h2-12,16,21-22H,13-15H2,1H3;2-5H,1H3,(H,8,9,10)/t21-,22-;/m1./s1. The molecule has 1 aliphatic heterocycles. The number of aromatic nitrogens is 1. The number of carbonyl (C=O) groups excluding carboxylic acids is 1. The summed E-state index contributed by atoms with van der Waals surface area (Å²) in [5.74, 6) is -0.621. The minimum Gasteiger partial charge on any atom is -0.406 e. The number of halogens is 6. The number of likely N-dealkylation sites (N-methyl/N-ethyl adjacent to an activating group) is 1. The van der Waals surface area contributed by atoms with E-state index in [2.05, 4.69) is 9.72 Å². The van der Waals surface area contributed by atoms with Gasteiger partial charge in [-0.3, -0.25) is 19.2 Å². The molecule has 8 nitrogen and oxygen atoms in total. The second-order valence-electron chi connectivity index (χ2n) is 11.0. The zero-order chi connectivity index (χ0) is 35.3. The van der Waals surface area contributed by atoms with Gasteiger partial charge in [-0.15, -0.1) is 13.2 Å². The minimum atomic E-state index is -4.83. The SMILES string of the molecule is CN(CCc1ccc(C(F)(F)F)nc1)[C@@H]1C[C@H](c2ccccc2)N(c2ccc(OC(F)(F)F)cc2)C1=O.Cc1ccc(S(=O)(=O)O)cc1. The van der Waals surface area contributed by atoms with Crippen LogP contribution >= 0.6 is 0 Å². The molecule has 5 rings (SSSR count). The number of hydrogen-bond acceptors (Lipinski definition) is 6. The third kappa shape index (κ3) is 9.78. The number of aryl methyl sites for hydroxylation is 1. The highest BCUT2D eigenvalue weighted by Crippen LogP contribution is 2.39. The summed E-state index contributed by atoms with van der Waals surface area (Å²) < 4.78 is 109. The van der Waals surface area contributed by atoms with Crippen molar-refractivity contribution in [2.75, 3.05) is 18.5 Å². The summed E-state index contributed by atoms with van der Waals surface area (Å²) in [4.78, 5) is 20.3. The predicted molar refractivity (Wildman–Crippen MR) is 165 cm³/mol. The highest BCUT2D eigenvalue weighted by molar-refractivity contribution is 7.85. The van der Waals surface area contributed by atoms with Gasteiger partial charge >= 0.3 is 12.5 Å². The van der Waals surface area contributed by atoms with Crippen molar-refractivity contribution in [1.29, 1.82) is 0 Å². The number of ether oxygens (including phenoxy) is 1. The molecule has 0 bridgehead atoms. The maximum absolute atomic E-state index is 13.5. The first kappa shape index (κ1) is 36.4. The van der Waals surface area contributed by atoms with Gasteiger partial charge in [0.05, 0.1) is 17.0 Å². The Bertz CT molecular complexity index is 1770. The molecular formula is C33H31F6N3O5S. The molecule has 256 valence electrons. The Labute approximate surface area is 273 Å². The summed E-state index contributed by atoms with van der Waals surface area (Å²) in [6, 6.07) is 21.8. The van der Waals surface area contributed by atoms with Gasteiger partial charge in [-0.1, -0.05) is 54.1 Å². The molecule has 3 aromatic carbocycles. The minimum absolute atomic E-state index is 0.0666. The first-order valence-electron chi connectivity index (χ1n) is 14.4. The number of anilines is 1. The number of benzene rings is 3. The fourth-order valence-corrected chi connectivity index (χ4v) is 5.57. The van der Waals surface area contributed by atoms with E-state index in [4.69, 9.17) is 4.55 Å². The van der Waals surface area contributed by atoms with E-state index >= 15 is 0 Å². The molecular weight excluding hydrogens is 664 g/mol. The van der Waals surface area contributed by atoms with Crippen molar-refractivity contribution in [3.05, 3.63) is 120 Å². The third-order valence-corrected chi connectivity index (χ3v) is 8.40. The van der Waals surface area contributed by atoms with Crippen LogP contribution in [-0.4, -0.2) is 54.8 Å². The zero-order valence-corrected chi connectivity index (χ0v) is 26.4. The number of pyridine rings is 1. The van der Waals surface area contributed by atoms with E-state index in [1.807, 2.05) is 42.2 Å². The van der Waals surface area contributed by atoms with Crippen LogP contribution in [0.15, 0.2) is 102 Å². The Kier molecular flexibility index (Phi) is 11.2. The van der Waals surface area contributed by atoms with E-state index in [1.165, 1.54) is 36.5 Å². The lowest BCUT2D eigenvalue weighted by molar-refractivity contribution is -0.274. The second-order valence-corrected chi connectivity index (χ2v) is 12.4. The molecule has 0 radical (unpaired) electrons. The number of nitrogens with zero attached hydrogens (tertiary/aromatic N) is 3. The van der Waals surface area contributed by atoms with E-state index in [0.29, 0.717) is 30.6 Å². The molecule has 1 aromatic heterocycles. The van der Waals surface area contributed by atoms with E-state index < -0.39 is 40.1 Å². The van der Waals surface area contributed by atoms with Gasteiger partial charge in [-0.2, -0.15) is 21.6 Å². The molecule has 0 saturated carbocycles. The number of rotatable bonds is 8. The van der Waals surface area contributed by atoms with E-state index in [-0.39, 0.29) is 16.8 Å². The Hall–Kier alpha value is -4.47. The van der Waals surface area contributed by atoms with Crippen molar-refractivity contribution in [1.82, 2.24) is 9.88 Å². The summed E-state index contributed by atoms with van der Waals surface area (Å²) >= 11 is 0. The maximum atomic E-state index is 13.5. The van der Waals surface area contributed by atoms with Gasteiger partial charge in [0, 0.05) is 18.4 Å². The lowest BCUT2D eigenvalue weighted by Crippen LogP contribution is -2.40. The van der Waals surface area contributed by atoms with Crippen LogP contribution in [0.5, 0.6) is 5.75 Å². The lowest BCUT2D eigenvalue weighted by atomic mass is 10.0. The fourth-order valence-electron chi connectivity index (χ4n) is 5.09. The molecule has 0 spiro atoms. The molecule has 1 aliphatic rings. The molecule has 1 N–H and O–H groups in total. The lowest BCUT2D eigenvalue weighted by Gasteiger charge is -2.26. The Morgan fingerprint density at radius 1 is 0.917 bits per heavy atom. The van der Waals surface area contributed by atoms with Gasteiger partial charge in [0.25, 0.3) is 10.1 Å². The van der Waals surface area contributed by atoms with Crippen molar-refractivity contribution in [2.24, 2.45) is 0 Å². The van der Waals surface area contributed by atoms with Gasteiger partial charge < -0.3 is 9.64 Å². The Morgan fingerprint density at radius 2 is 1.54 bits per heavy atom. The maximum Gasteiger partial charge on any atom is 0.573 e. The molecule has 1 fully saturated rings. The van der Waals surface area contributed by atoms with Gasteiger partial charge in [-0.25, -0.2) is 0 Å². The fraction of sp³-hybridized carbons (Fsp3) is 0.273. The van der Waals surface area contributed by atoms with Crippen LogP contribution in [0.2, 0.25) is 0 Å². The number of alkyl halides is 6. The summed E-state index contributed by atoms with van der Waals surface area (Å²) in [7, 11) is -2.26. The number of hydrogen-bond donors (Lipinski definition) is 1. The van der Waals surface area contributed by atoms with Crippen LogP contribution in [0.25, 0.3) is 0 Å². The topological polar surface area (TPSA) is 100 Å². The Morgan fingerprint density at radius 3 is 2.06 bits per heavy atom. The van der Waals surface area contributed by atoms with Crippen molar-refractivity contribution in [3.63, 3.8) is 0 Å². The van der Waals surface area contributed by atoms with Gasteiger partial charge in [0.1, 0.15) is 11.4 Å². The predicted octanol–water partition coefficient (Wildman–Crippen LogP) is 7.26. The van der Waals surface area contributed by atoms with Crippen LogP contribution in [0.4, 0.5) is 32.0 Å². The molecule has 1 amide bonds. The van der Waals surface area contributed by atoms with Crippen molar-refractivity contribution in [2.45, 2.75) is 49.3 Å². The monoisotopic (exact) mass is 695 g/mol. The highest BCUT2D eigenvalue weighted by Gasteiger charge is 2.43. The molecule has 2 atom stereocenters. The molecule has 4 aromatic rings. The normalized spacial score (nSPS) is 16.9. The van der Waals surface area contributed by atoms with Crippen LogP contribution < -0.4 is 9.64 Å². The van der Waals surface area contributed by atoms with E-state index in [9.17, 15) is 39.6 Å². The van der Waals surface area contributed by atoms with Crippen molar-refractivity contribution in [3.8, 4) is 5.75 Å². The van der Waals surface area contributed by atoms with Crippen LogP contribution in [0, 0.1) is 6.92 Å². The molecule has 48 heavy (non-hydrogen) atoms. The second kappa shape index (κ2) is 14.7. The van der Waals surface area contributed by atoms with Gasteiger partial charge in [0.15, 0.2) is 0 Å². The van der Waals surface area contributed by atoms with Gasteiger partial charge in [-0.05, 0) is 80.4 Å². The first-order valence-corrected chi connectivity index (χ1v) is 15.9. The first-order chi connectivity index (χ1) is 22.4. The summed E-state index contributed by atoms with van der Waals surface area (Å²) in [5, 5.41) is 0.